The van der Waals surface area contributed by atoms with Gasteiger partial charge in [-0.05, 0) is 45.2 Å². The molecule has 1 N–H and O–H groups in total. The number of rotatable bonds is 8. The minimum Gasteiger partial charge on any atom is -0.467 e. The van der Waals surface area contributed by atoms with Gasteiger partial charge in [0.15, 0.2) is 0 Å². The van der Waals surface area contributed by atoms with Crippen molar-refractivity contribution in [1.82, 2.24) is 19.8 Å². The van der Waals surface area contributed by atoms with Crippen LogP contribution >= 0.6 is 0 Å². The average molecular weight is 542 g/mol. The molecule has 10 heteroatoms. The number of aromatic nitrogens is 2. The molecule has 214 valence electrons. The number of hydrogen-bond acceptors (Lipinski definition) is 8. The van der Waals surface area contributed by atoms with E-state index >= 15 is 0 Å². The molecule has 2 atom stereocenters. The molecule has 39 heavy (non-hydrogen) atoms. The Hall–Kier alpha value is -3.43. The third-order valence-corrected chi connectivity index (χ3v) is 6.27. The lowest BCUT2D eigenvalue weighted by molar-refractivity contribution is -0.113. The molecule has 2 amide bonds. The van der Waals surface area contributed by atoms with Crippen molar-refractivity contribution in [2.45, 2.75) is 85.4 Å². The number of anilines is 1. The first-order valence-electron chi connectivity index (χ1n) is 13.6. The Kier molecular flexibility index (Phi) is 9.40. The molecular formula is C29H43N5O5. The topological polar surface area (TPSA) is 118 Å². The van der Waals surface area contributed by atoms with Gasteiger partial charge in [-0.25, -0.2) is 14.8 Å². The largest absolute Gasteiger partial charge is 0.467 e. The standard InChI is InChI=1S/C29H43N5O5/c1-19(2)15-34(21-12-20(18-35)16-33(17-21)27(37)39-29(6,7)8)25(36)23-14-31-26(28(3,4)5)32-24(23)30-13-22-10-9-11-38-22/h9-11,14,18-21H,12-13,15-17H2,1-8H3,(H,30,31,32). The number of furan rings is 1. The van der Waals surface area contributed by atoms with Crippen LogP contribution in [0.15, 0.2) is 29.0 Å². The first kappa shape index (κ1) is 30.1. The molecule has 2 aromatic heterocycles. The van der Waals surface area contributed by atoms with Crippen LogP contribution in [-0.4, -0.2) is 69.3 Å². The summed E-state index contributed by atoms with van der Waals surface area (Å²) < 4.78 is 11.0. The van der Waals surface area contributed by atoms with Crippen LogP contribution in [0.2, 0.25) is 0 Å². The molecule has 2 unspecified atom stereocenters. The van der Waals surface area contributed by atoms with Crippen molar-refractivity contribution >= 4 is 24.1 Å². The Labute approximate surface area is 231 Å². The maximum atomic E-state index is 14.2. The lowest BCUT2D eigenvalue weighted by Crippen LogP contribution is -2.56. The summed E-state index contributed by atoms with van der Waals surface area (Å²) >= 11 is 0. The quantitative estimate of drug-likeness (QED) is 0.469. The van der Waals surface area contributed by atoms with E-state index in [0.717, 1.165) is 6.29 Å². The number of aldehydes is 1. The number of piperidine rings is 1. The van der Waals surface area contributed by atoms with E-state index < -0.39 is 17.6 Å². The first-order chi connectivity index (χ1) is 18.2. The molecule has 3 rings (SSSR count). The number of amides is 2. The van der Waals surface area contributed by atoms with E-state index in [-0.39, 0.29) is 36.4 Å². The number of nitrogens with zero attached hydrogens (tertiary/aromatic N) is 4. The number of carbonyl (C=O) groups is 3. The van der Waals surface area contributed by atoms with Crippen LogP contribution in [0.4, 0.5) is 10.6 Å². The van der Waals surface area contributed by atoms with Crippen molar-refractivity contribution in [2.24, 2.45) is 11.8 Å². The maximum absolute atomic E-state index is 14.2. The minimum absolute atomic E-state index is 0.148. The van der Waals surface area contributed by atoms with Crippen LogP contribution < -0.4 is 5.32 Å². The molecule has 1 fully saturated rings. The molecule has 0 aromatic carbocycles. The van der Waals surface area contributed by atoms with Crippen molar-refractivity contribution in [3.05, 3.63) is 41.7 Å². The third-order valence-electron chi connectivity index (χ3n) is 6.27. The van der Waals surface area contributed by atoms with E-state index in [2.05, 4.69) is 10.3 Å². The molecule has 0 bridgehead atoms. The predicted molar refractivity (Wildman–Crippen MR) is 148 cm³/mol. The van der Waals surface area contributed by atoms with Crippen molar-refractivity contribution in [2.75, 3.05) is 25.0 Å². The summed E-state index contributed by atoms with van der Waals surface area (Å²) in [6.45, 7) is 16.8. The van der Waals surface area contributed by atoms with Gasteiger partial charge in [0.1, 0.15) is 34.9 Å². The fourth-order valence-electron chi connectivity index (χ4n) is 4.47. The van der Waals surface area contributed by atoms with Gasteiger partial charge >= 0.3 is 6.09 Å². The Bertz CT molecular complexity index is 1130. The van der Waals surface area contributed by atoms with Gasteiger partial charge in [-0.15, -0.1) is 0 Å². The van der Waals surface area contributed by atoms with Crippen LogP contribution in [-0.2, 0) is 21.5 Å². The van der Waals surface area contributed by atoms with Crippen LogP contribution in [0.1, 0.15) is 83.8 Å². The summed E-state index contributed by atoms with van der Waals surface area (Å²) in [5, 5.41) is 3.26. The monoisotopic (exact) mass is 541 g/mol. The molecule has 10 nitrogen and oxygen atoms in total. The predicted octanol–water partition coefficient (Wildman–Crippen LogP) is 4.90. The minimum atomic E-state index is -0.672. The smallest absolute Gasteiger partial charge is 0.410 e. The van der Waals surface area contributed by atoms with Crippen LogP contribution in [0.5, 0.6) is 0 Å². The van der Waals surface area contributed by atoms with Crippen LogP contribution in [0, 0.1) is 11.8 Å². The van der Waals surface area contributed by atoms with E-state index in [0.29, 0.717) is 42.5 Å². The van der Waals surface area contributed by atoms with Gasteiger partial charge in [-0.2, -0.15) is 0 Å². The summed E-state index contributed by atoms with van der Waals surface area (Å²) in [6.07, 6.45) is 3.99. The molecule has 3 heterocycles. The number of ether oxygens (including phenoxy) is 1. The van der Waals surface area contributed by atoms with Gasteiger partial charge in [0.05, 0.1) is 18.8 Å². The zero-order valence-electron chi connectivity index (χ0n) is 24.5. The van der Waals surface area contributed by atoms with Gasteiger partial charge in [0, 0.05) is 37.2 Å². The van der Waals surface area contributed by atoms with E-state index in [1.807, 2.05) is 40.7 Å². The molecule has 0 saturated carbocycles. The Morgan fingerprint density at radius 3 is 2.51 bits per heavy atom. The Morgan fingerprint density at radius 1 is 1.23 bits per heavy atom. The van der Waals surface area contributed by atoms with Gasteiger partial charge in [-0.1, -0.05) is 34.6 Å². The van der Waals surface area contributed by atoms with Gasteiger partial charge in [0.2, 0.25) is 0 Å². The molecule has 1 aliphatic rings. The van der Waals surface area contributed by atoms with E-state index in [9.17, 15) is 14.4 Å². The number of carbonyl (C=O) groups excluding carboxylic acids is 3. The second kappa shape index (κ2) is 12.2. The average Bonchev–Trinajstić information content (AvgIpc) is 3.37. The molecule has 0 spiro atoms. The third kappa shape index (κ3) is 8.28. The summed E-state index contributed by atoms with van der Waals surface area (Å²) in [5.74, 6) is 1.21. The fraction of sp³-hybridized carbons (Fsp3) is 0.621. The van der Waals surface area contributed by atoms with Crippen LogP contribution in [0.3, 0.4) is 0 Å². The van der Waals surface area contributed by atoms with Crippen LogP contribution in [0.25, 0.3) is 0 Å². The Balaban J connectivity index is 1.96. The summed E-state index contributed by atoms with van der Waals surface area (Å²) in [7, 11) is 0. The second-order valence-electron chi connectivity index (χ2n) is 12.7. The Morgan fingerprint density at radius 2 is 1.95 bits per heavy atom. The zero-order valence-corrected chi connectivity index (χ0v) is 24.5. The maximum Gasteiger partial charge on any atom is 0.410 e. The van der Waals surface area contributed by atoms with Crippen molar-refractivity contribution in [1.29, 1.82) is 0 Å². The number of nitrogens with one attached hydrogen (secondary N) is 1. The first-order valence-corrected chi connectivity index (χ1v) is 13.6. The van der Waals surface area contributed by atoms with Crippen molar-refractivity contribution in [3.63, 3.8) is 0 Å². The lowest BCUT2D eigenvalue weighted by atomic mass is 9.93. The molecular weight excluding hydrogens is 498 g/mol. The van der Waals surface area contributed by atoms with Gasteiger partial charge < -0.3 is 29.1 Å². The second-order valence-corrected chi connectivity index (χ2v) is 12.7. The molecule has 0 radical (unpaired) electrons. The van der Waals surface area contributed by atoms with E-state index in [4.69, 9.17) is 14.1 Å². The highest BCUT2D eigenvalue weighted by atomic mass is 16.6. The lowest BCUT2D eigenvalue weighted by Gasteiger charge is -2.42. The van der Waals surface area contributed by atoms with E-state index in [1.165, 1.54) is 4.90 Å². The highest BCUT2D eigenvalue weighted by Gasteiger charge is 2.38. The number of hydrogen-bond donors (Lipinski definition) is 1. The highest BCUT2D eigenvalue weighted by Crippen LogP contribution is 2.27. The van der Waals surface area contributed by atoms with E-state index in [1.54, 1.807) is 44.2 Å². The normalized spacial score (nSPS) is 18.1. The molecule has 2 aromatic rings. The summed E-state index contributed by atoms with van der Waals surface area (Å²) in [6, 6.07) is 3.27. The molecule has 0 aliphatic carbocycles. The SMILES string of the molecule is CC(C)CN(C(=O)c1cnc(C(C)(C)C)nc1NCc1ccco1)C1CC(C=O)CN(C(=O)OC(C)(C)C)C1. The van der Waals surface area contributed by atoms with Gasteiger partial charge in [-0.3, -0.25) is 4.79 Å². The summed E-state index contributed by atoms with van der Waals surface area (Å²) in [4.78, 5) is 51.6. The zero-order chi connectivity index (χ0) is 29.0. The highest BCUT2D eigenvalue weighted by molar-refractivity contribution is 5.98. The molecule has 1 saturated heterocycles. The van der Waals surface area contributed by atoms with Gasteiger partial charge in [0.25, 0.3) is 5.91 Å². The summed E-state index contributed by atoms with van der Waals surface area (Å²) in [5.41, 5.74) is -0.670. The van der Waals surface area contributed by atoms with Crippen molar-refractivity contribution < 1.29 is 23.5 Å². The van der Waals surface area contributed by atoms with Crippen molar-refractivity contribution in [3.8, 4) is 0 Å². The fourth-order valence-corrected chi connectivity index (χ4v) is 4.47. The number of likely N-dealkylation sites (tertiary alicyclic amines) is 1. The molecule has 1 aliphatic heterocycles.